The van der Waals surface area contributed by atoms with Gasteiger partial charge in [-0.25, -0.2) is 4.98 Å². The highest BCUT2D eigenvalue weighted by Crippen LogP contribution is 2.14. The normalized spacial score (nSPS) is 10.2. The Bertz CT molecular complexity index is 340. The van der Waals surface area contributed by atoms with Gasteiger partial charge in [0.1, 0.15) is 0 Å². The van der Waals surface area contributed by atoms with E-state index in [9.17, 15) is 4.79 Å². The number of carbonyl (C=O) groups is 1. The highest BCUT2D eigenvalue weighted by Gasteiger charge is 2.11. The zero-order valence-electron chi connectivity index (χ0n) is 9.51. The average molecular weight is 240 g/mol. The maximum Gasteiger partial charge on any atom is 0.255 e. The van der Waals surface area contributed by atoms with Crippen molar-refractivity contribution in [2.75, 3.05) is 26.0 Å². The second kappa shape index (κ2) is 6.50. The number of amides is 1. The molecule has 1 rings (SSSR count). The molecule has 0 radical (unpaired) electrons. The lowest BCUT2D eigenvalue weighted by Crippen LogP contribution is -2.29. The molecular weight excluding hydrogens is 224 g/mol. The van der Waals surface area contributed by atoms with Gasteiger partial charge in [-0.1, -0.05) is 6.92 Å². The fraction of sp³-hybridized carbons (Fsp3) is 0.455. The Morgan fingerprint density at radius 1 is 1.56 bits per heavy atom. The Hall–Kier alpha value is -1.07. The molecule has 1 heterocycles. The Labute approximate surface area is 99.7 Å². The number of hydrogen-bond acceptors (Lipinski definition) is 4. The van der Waals surface area contributed by atoms with Crippen LogP contribution in [0.5, 0.6) is 0 Å². The monoisotopic (exact) mass is 240 g/mol. The second-order valence-electron chi connectivity index (χ2n) is 3.27. The fourth-order valence-electron chi connectivity index (χ4n) is 1.21. The van der Waals surface area contributed by atoms with Gasteiger partial charge in [-0.15, -0.1) is 11.8 Å². The number of likely N-dealkylation sites (N-methyl/N-ethyl adjacent to an activating group) is 1. The molecule has 1 aromatic heterocycles. The largest absolute Gasteiger partial charge is 0.395 e. The lowest BCUT2D eigenvalue weighted by molar-refractivity contribution is 0.0766. The van der Waals surface area contributed by atoms with Gasteiger partial charge in [-0.2, -0.15) is 0 Å². The molecule has 0 aliphatic carbocycles. The van der Waals surface area contributed by atoms with Gasteiger partial charge < -0.3 is 10.0 Å². The van der Waals surface area contributed by atoms with Crippen LogP contribution < -0.4 is 0 Å². The summed E-state index contributed by atoms with van der Waals surface area (Å²) in [6, 6.07) is 3.61. The Morgan fingerprint density at radius 3 is 2.81 bits per heavy atom. The van der Waals surface area contributed by atoms with Gasteiger partial charge in [-0.3, -0.25) is 4.79 Å². The van der Waals surface area contributed by atoms with E-state index in [1.54, 1.807) is 31.1 Å². The summed E-state index contributed by atoms with van der Waals surface area (Å²) in [6.45, 7) is 2.37. The van der Waals surface area contributed by atoms with Crippen molar-refractivity contribution >= 4 is 17.7 Å². The molecule has 0 aromatic carbocycles. The molecule has 1 aromatic rings. The SMILES string of the molecule is CCSc1ccc(C(=O)N(C)CCO)cn1. The van der Waals surface area contributed by atoms with Crippen LogP contribution >= 0.6 is 11.8 Å². The van der Waals surface area contributed by atoms with E-state index in [0.717, 1.165) is 10.8 Å². The zero-order valence-corrected chi connectivity index (χ0v) is 10.3. The van der Waals surface area contributed by atoms with Gasteiger partial charge >= 0.3 is 0 Å². The molecule has 0 saturated heterocycles. The number of nitrogens with zero attached hydrogens (tertiary/aromatic N) is 2. The number of aliphatic hydroxyl groups excluding tert-OH is 1. The summed E-state index contributed by atoms with van der Waals surface area (Å²) < 4.78 is 0. The van der Waals surface area contributed by atoms with Crippen LogP contribution in [-0.2, 0) is 0 Å². The molecule has 16 heavy (non-hydrogen) atoms. The first-order chi connectivity index (χ1) is 7.69. The molecule has 5 heteroatoms. The molecule has 0 fully saturated rings. The summed E-state index contributed by atoms with van der Waals surface area (Å²) in [7, 11) is 1.66. The molecule has 1 N–H and O–H groups in total. The molecule has 0 unspecified atom stereocenters. The first kappa shape index (κ1) is 13.0. The van der Waals surface area contributed by atoms with E-state index in [1.807, 2.05) is 6.07 Å². The minimum atomic E-state index is -0.116. The smallest absolute Gasteiger partial charge is 0.255 e. The third-order valence-corrected chi connectivity index (χ3v) is 2.88. The van der Waals surface area contributed by atoms with Crippen molar-refractivity contribution in [1.29, 1.82) is 0 Å². The predicted molar refractivity (Wildman–Crippen MR) is 64.7 cm³/mol. The molecule has 0 spiro atoms. The number of thioether (sulfide) groups is 1. The summed E-state index contributed by atoms with van der Waals surface area (Å²) in [5.74, 6) is 0.847. The van der Waals surface area contributed by atoms with Gasteiger partial charge in [0.05, 0.1) is 17.2 Å². The van der Waals surface area contributed by atoms with Crippen molar-refractivity contribution in [3.05, 3.63) is 23.9 Å². The molecule has 0 aliphatic heterocycles. The highest BCUT2D eigenvalue weighted by molar-refractivity contribution is 7.99. The van der Waals surface area contributed by atoms with Gasteiger partial charge in [0, 0.05) is 19.8 Å². The molecule has 4 nitrogen and oxygen atoms in total. The predicted octanol–water partition coefficient (Wildman–Crippen LogP) is 1.26. The van der Waals surface area contributed by atoms with Crippen molar-refractivity contribution in [2.45, 2.75) is 11.9 Å². The highest BCUT2D eigenvalue weighted by atomic mass is 32.2. The van der Waals surface area contributed by atoms with Crippen LogP contribution in [0.1, 0.15) is 17.3 Å². The third-order valence-electron chi connectivity index (χ3n) is 2.06. The van der Waals surface area contributed by atoms with Crippen LogP contribution in [0.25, 0.3) is 0 Å². The number of rotatable bonds is 5. The van der Waals surface area contributed by atoms with E-state index in [4.69, 9.17) is 5.11 Å². The lowest BCUT2D eigenvalue weighted by atomic mass is 10.2. The van der Waals surface area contributed by atoms with Crippen molar-refractivity contribution in [2.24, 2.45) is 0 Å². The number of aliphatic hydroxyl groups is 1. The molecule has 1 amide bonds. The molecule has 0 atom stereocenters. The maximum atomic E-state index is 11.8. The number of aromatic nitrogens is 1. The van der Waals surface area contributed by atoms with Crippen LogP contribution in [0.2, 0.25) is 0 Å². The van der Waals surface area contributed by atoms with Gasteiger partial charge in [0.15, 0.2) is 0 Å². The van der Waals surface area contributed by atoms with E-state index >= 15 is 0 Å². The zero-order chi connectivity index (χ0) is 12.0. The van der Waals surface area contributed by atoms with E-state index in [2.05, 4.69) is 11.9 Å². The van der Waals surface area contributed by atoms with Gasteiger partial charge in [-0.05, 0) is 17.9 Å². The van der Waals surface area contributed by atoms with Crippen LogP contribution in [0.3, 0.4) is 0 Å². The fourth-order valence-corrected chi connectivity index (χ4v) is 1.80. The summed E-state index contributed by atoms with van der Waals surface area (Å²) in [5, 5.41) is 9.65. The maximum absolute atomic E-state index is 11.8. The summed E-state index contributed by atoms with van der Waals surface area (Å²) in [6.07, 6.45) is 1.58. The molecule has 0 saturated carbocycles. The first-order valence-electron chi connectivity index (χ1n) is 5.14. The van der Waals surface area contributed by atoms with Crippen molar-refractivity contribution in [3.63, 3.8) is 0 Å². The van der Waals surface area contributed by atoms with Crippen LogP contribution in [0.15, 0.2) is 23.4 Å². The summed E-state index contributed by atoms with van der Waals surface area (Å²) >= 11 is 1.64. The molecule has 0 bridgehead atoms. The van der Waals surface area contributed by atoms with E-state index < -0.39 is 0 Å². The molecular formula is C11H16N2O2S. The van der Waals surface area contributed by atoms with Crippen molar-refractivity contribution < 1.29 is 9.90 Å². The van der Waals surface area contributed by atoms with Crippen LogP contribution in [0.4, 0.5) is 0 Å². The first-order valence-corrected chi connectivity index (χ1v) is 6.12. The van der Waals surface area contributed by atoms with Crippen molar-refractivity contribution in [1.82, 2.24) is 9.88 Å². The number of carbonyl (C=O) groups excluding carboxylic acids is 1. The van der Waals surface area contributed by atoms with E-state index in [0.29, 0.717) is 12.1 Å². The van der Waals surface area contributed by atoms with Gasteiger partial charge in [0.2, 0.25) is 0 Å². The molecule has 88 valence electrons. The lowest BCUT2D eigenvalue weighted by Gasteiger charge is -2.15. The summed E-state index contributed by atoms with van der Waals surface area (Å²) in [4.78, 5) is 17.4. The summed E-state index contributed by atoms with van der Waals surface area (Å²) in [5.41, 5.74) is 0.552. The second-order valence-corrected chi connectivity index (χ2v) is 4.55. The topological polar surface area (TPSA) is 53.4 Å². The minimum absolute atomic E-state index is 0.0283. The number of pyridine rings is 1. The number of hydrogen-bond donors (Lipinski definition) is 1. The van der Waals surface area contributed by atoms with Gasteiger partial charge in [0.25, 0.3) is 5.91 Å². The van der Waals surface area contributed by atoms with Crippen LogP contribution in [0, 0.1) is 0 Å². The minimum Gasteiger partial charge on any atom is -0.395 e. The average Bonchev–Trinajstić information content (AvgIpc) is 2.30. The van der Waals surface area contributed by atoms with E-state index in [1.165, 1.54) is 4.90 Å². The quantitative estimate of drug-likeness (QED) is 0.787. The van der Waals surface area contributed by atoms with E-state index in [-0.39, 0.29) is 12.5 Å². The Kier molecular flexibility index (Phi) is 5.28. The molecule has 0 aliphatic rings. The standard InChI is InChI=1S/C11H16N2O2S/c1-3-16-10-5-4-9(8-12-10)11(15)13(2)6-7-14/h4-5,8,14H,3,6-7H2,1-2H3. The Morgan fingerprint density at radius 2 is 2.31 bits per heavy atom. The Balaban J connectivity index is 2.69. The van der Waals surface area contributed by atoms with Crippen molar-refractivity contribution in [3.8, 4) is 0 Å². The third kappa shape index (κ3) is 3.50. The van der Waals surface area contributed by atoms with Crippen LogP contribution in [-0.4, -0.2) is 46.8 Å².